The number of likely N-dealkylation sites (N-methyl/N-ethyl adjacent to an activating group) is 1. The van der Waals surface area contributed by atoms with E-state index in [-0.39, 0.29) is 11.8 Å². The summed E-state index contributed by atoms with van der Waals surface area (Å²) < 4.78 is 0. The second-order valence-corrected chi connectivity index (χ2v) is 5.76. The van der Waals surface area contributed by atoms with E-state index in [1.807, 2.05) is 23.1 Å². The summed E-state index contributed by atoms with van der Waals surface area (Å²) in [5, 5.41) is 0. The molecule has 19 heavy (non-hydrogen) atoms. The van der Waals surface area contributed by atoms with Gasteiger partial charge in [0.05, 0.1) is 5.92 Å². The van der Waals surface area contributed by atoms with Gasteiger partial charge in [-0.25, -0.2) is 0 Å². The van der Waals surface area contributed by atoms with Gasteiger partial charge in [0.1, 0.15) is 0 Å². The SMILES string of the molecule is CC(C)[C@@H](C(=O)N1CCN(C)CC1)c1ccccc1. The van der Waals surface area contributed by atoms with E-state index in [4.69, 9.17) is 0 Å². The minimum atomic E-state index is -0.00962. The Balaban J connectivity index is 2.14. The van der Waals surface area contributed by atoms with Crippen molar-refractivity contribution < 1.29 is 4.79 Å². The highest BCUT2D eigenvalue weighted by Gasteiger charge is 2.29. The van der Waals surface area contributed by atoms with Gasteiger partial charge in [-0.3, -0.25) is 4.79 Å². The van der Waals surface area contributed by atoms with Crippen molar-refractivity contribution in [3.05, 3.63) is 35.9 Å². The summed E-state index contributed by atoms with van der Waals surface area (Å²) in [4.78, 5) is 17.1. The zero-order valence-electron chi connectivity index (χ0n) is 12.2. The van der Waals surface area contributed by atoms with E-state index in [1.165, 1.54) is 0 Å². The molecule has 104 valence electrons. The van der Waals surface area contributed by atoms with Crippen molar-refractivity contribution in [2.24, 2.45) is 5.92 Å². The number of nitrogens with zero attached hydrogens (tertiary/aromatic N) is 2. The number of rotatable bonds is 3. The Morgan fingerprint density at radius 1 is 1.05 bits per heavy atom. The Morgan fingerprint density at radius 3 is 2.16 bits per heavy atom. The minimum absolute atomic E-state index is 0.00962. The number of amides is 1. The van der Waals surface area contributed by atoms with Crippen LogP contribution in [0.5, 0.6) is 0 Å². The highest BCUT2D eigenvalue weighted by molar-refractivity contribution is 5.84. The predicted molar refractivity (Wildman–Crippen MR) is 78.1 cm³/mol. The molecule has 3 nitrogen and oxygen atoms in total. The Labute approximate surface area is 116 Å². The van der Waals surface area contributed by atoms with Gasteiger partial charge in [0.25, 0.3) is 0 Å². The molecule has 1 heterocycles. The van der Waals surface area contributed by atoms with Crippen LogP contribution >= 0.6 is 0 Å². The first-order chi connectivity index (χ1) is 9.09. The van der Waals surface area contributed by atoms with Crippen LogP contribution in [0.15, 0.2) is 30.3 Å². The summed E-state index contributed by atoms with van der Waals surface area (Å²) in [7, 11) is 2.11. The van der Waals surface area contributed by atoms with Gasteiger partial charge in [0.15, 0.2) is 0 Å². The Kier molecular flexibility index (Phi) is 4.59. The van der Waals surface area contributed by atoms with Crippen molar-refractivity contribution in [2.45, 2.75) is 19.8 Å². The first-order valence-corrected chi connectivity index (χ1v) is 7.12. The summed E-state index contributed by atoms with van der Waals surface area (Å²) in [5.74, 6) is 0.605. The van der Waals surface area contributed by atoms with Gasteiger partial charge in [-0.1, -0.05) is 44.2 Å². The van der Waals surface area contributed by atoms with Crippen LogP contribution in [0.3, 0.4) is 0 Å². The number of carbonyl (C=O) groups excluding carboxylic acids is 1. The molecule has 0 radical (unpaired) electrons. The van der Waals surface area contributed by atoms with Gasteiger partial charge in [-0.15, -0.1) is 0 Å². The zero-order chi connectivity index (χ0) is 13.8. The van der Waals surface area contributed by atoms with Crippen molar-refractivity contribution >= 4 is 5.91 Å². The van der Waals surface area contributed by atoms with Crippen LogP contribution in [0.4, 0.5) is 0 Å². The molecule has 1 saturated heterocycles. The maximum absolute atomic E-state index is 12.8. The highest BCUT2D eigenvalue weighted by atomic mass is 16.2. The molecule has 0 aromatic heterocycles. The maximum Gasteiger partial charge on any atom is 0.230 e. The zero-order valence-corrected chi connectivity index (χ0v) is 12.2. The van der Waals surface area contributed by atoms with Gasteiger partial charge in [-0.2, -0.15) is 0 Å². The molecule has 3 heteroatoms. The van der Waals surface area contributed by atoms with Crippen LogP contribution < -0.4 is 0 Å². The molecule has 0 N–H and O–H groups in total. The fraction of sp³-hybridized carbons (Fsp3) is 0.562. The van der Waals surface area contributed by atoms with Gasteiger partial charge >= 0.3 is 0 Å². The minimum Gasteiger partial charge on any atom is -0.340 e. The number of benzene rings is 1. The van der Waals surface area contributed by atoms with E-state index < -0.39 is 0 Å². The predicted octanol–water partition coefficient (Wildman–Crippen LogP) is 2.20. The Morgan fingerprint density at radius 2 is 1.63 bits per heavy atom. The molecule has 1 aromatic rings. The summed E-state index contributed by atoms with van der Waals surface area (Å²) >= 11 is 0. The Hall–Kier alpha value is -1.35. The quantitative estimate of drug-likeness (QED) is 0.832. The summed E-state index contributed by atoms with van der Waals surface area (Å²) in [6, 6.07) is 10.2. The lowest BCUT2D eigenvalue weighted by molar-refractivity contribution is -0.135. The first kappa shape index (κ1) is 14.1. The van der Waals surface area contributed by atoms with Crippen LogP contribution in [0.25, 0.3) is 0 Å². The Bertz CT molecular complexity index is 408. The summed E-state index contributed by atoms with van der Waals surface area (Å²) in [6.07, 6.45) is 0. The van der Waals surface area contributed by atoms with Crippen LogP contribution in [-0.4, -0.2) is 48.9 Å². The molecule has 1 aliphatic rings. The summed E-state index contributed by atoms with van der Waals surface area (Å²) in [5.41, 5.74) is 1.14. The molecule has 0 aliphatic carbocycles. The van der Waals surface area contributed by atoms with E-state index in [2.05, 4.69) is 37.9 Å². The van der Waals surface area contributed by atoms with Gasteiger partial charge in [-0.05, 0) is 18.5 Å². The van der Waals surface area contributed by atoms with E-state index in [1.54, 1.807) is 0 Å². The number of piperazine rings is 1. The van der Waals surface area contributed by atoms with Gasteiger partial charge in [0.2, 0.25) is 5.91 Å². The second-order valence-electron chi connectivity index (χ2n) is 5.76. The molecular weight excluding hydrogens is 236 g/mol. The molecule has 1 atom stereocenters. The van der Waals surface area contributed by atoms with E-state index in [0.717, 1.165) is 31.7 Å². The third kappa shape index (κ3) is 3.35. The molecule has 0 spiro atoms. The largest absolute Gasteiger partial charge is 0.340 e. The van der Waals surface area contributed by atoms with Crippen molar-refractivity contribution in [3.63, 3.8) is 0 Å². The number of carbonyl (C=O) groups is 1. The van der Waals surface area contributed by atoms with Gasteiger partial charge in [0, 0.05) is 26.2 Å². The van der Waals surface area contributed by atoms with Gasteiger partial charge < -0.3 is 9.80 Å². The van der Waals surface area contributed by atoms with Crippen molar-refractivity contribution in [2.75, 3.05) is 33.2 Å². The first-order valence-electron chi connectivity index (χ1n) is 7.12. The van der Waals surface area contributed by atoms with E-state index >= 15 is 0 Å². The smallest absolute Gasteiger partial charge is 0.230 e. The molecule has 1 fully saturated rings. The van der Waals surface area contributed by atoms with Crippen molar-refractivity contribution in [1.29, 1.82) is 0 Å². The molecule has 2 rings (SSSR count). The molecule has 1 amide bonds. The lowest BCUT2D eigenvalue weighted by atomic mass is 9.87. The van der Waals surface area contributed by atoms with E-state index in [0.29, 0.717) is 5.92 Å². The highest BCUT2D eigenvalue weighted by Crippen LogP contribution is 2.27. The summed E-state index contributed by atoms with van der Waals surface area (Å²) in [6.45, 7) is 7.92. The molecule has 0 bridgehead atoms. The molecule has 0 saturated carbocycles. The molecular formula is C16H24N2O. The standard InChI is InChI=1S/C16H24N2O/c1-13(2)15(14-7-5-4-6-8-14)16(19)18-11-9-17(3)10-12-18/h4-8,13,15H,9-12H2,1-3H3/t15-/m1/s1. The average molecular weight is 260 g/mol. The lowest BCUT2D eigenvalue weighted by Crippen LogP contribution is -2.49. The van der Waals surface area contributed by atoms with E-state index in [9.17, 15) is 4.79 Å². The third-order valence-electron chi connectivity index (χ3n) is 3.91. The third-order valence-corrected chi connectivity index (χ3v) is 3.91. The average Bonchev–Trinajstić information content (AvgIpc) is 2.40. The normalized spacial score (nSPS) is 18.6. The monoisotopic (exact) mass is 260 g/mol. The fourth-order valence-corrected chi connectivity index (χ4v) is 2.70. The fourth-order valence-electron chi connectivity index (χ4n) is 2.70. The maximum atomic E-state index is 12.8. The number of hydrogen-bond acceptors (Lipinski definition) is 2. The van der Waals surface area contributed by atoms with Crippen LogP contribution in [0.2, 0.25) is 0 Å². The lowest BCUT2D eigenvalue weighted by Gasteiger charge is -2.35. The second kappa shape index (κ2) is 6.20. The molecule has 1 aliphatic heterocycles. The topological polar surface area (TPSA) is 23.6 Å². The van der Waals surface area contributed by atoms with Crippen LogP contribution in [-0.2, 0) is 4.79 Å². The number of hydrogen-bond donors (Lipinski definition) is 0. The van der Waals surface area contributed by atoms with Crippen LogP contribution in [0, 0.1) is 5.92 Å². The van der Waals surface area contributed by atoms with Crippen molar-refractivity contribution in [1.82, 2.24) is 9.80 Å². The van der Waals surface area contributed by atoms with Crippen molar-refractivity contribution in [3.8, 4) is 0 Å². The molecule has 1 aromatic carbocycles. The van der Waals surface area contributed by atoms with Crippen LogP contribution in [0.1, 0.15) is 25.3 Å². The molecule has 0 unspecified atom stereocenters.